The standard InChI is InChI=1S/C19H16N4/c1-14-8-6-7-11-17(14)23-15(2)22(16-9-4-3-5-10-16)18-19(23)21-13-12-20-18/h3-13H,2H2,1H3. The van der Waals surface area contributed by atoms with Gasteiger partial charge in [0.05, 0.1) is 0 Å². The number of anilines is 4. The number of rotatable bonds is 2. The molecular formula is C19H16N4. The van der Waals surface area contributed by atoms with Crippen molar-refractivity contribution in [1.82, 2.24) is 9.97 Å². The average molecular weight is 300 g/mol. The molecule has 0 saturated heterocycles. The molecule has 23 heavy (non-hydrogen) atoms. The lowest BCUT2D eigenvalue weighted by atomic mass is 10.2. The molecule has 1 aliphatic rings. The van der Waals surface area contributed by atoms with Crippen molar-refractivity contribution in [2.24, 2.45) is 0 Å². The van der Waals surface area contributed by atoms with Gasteiger partial charge in [0.15, 0.2) is 17.8 Å². The second kappa shape index (κ2) is 5.39. The molecule has 0 aliphatic carbocycles. The molecule has 4 rings (SSSR count). The van der Waals surface area contributed by atoms with Crippen LogP contribution in [0.2, 0.25) is 0 Å². The van der Waals surface area contributed by atoms with Gasteiger partial charge in [-0.15, -0.1) is 0 Å². The highest BCUT2D eigenvalue weighted by molar-refractivity contribution is 5.88. The maximum Gasteiger partial charge on any atom is 0.179 e. The summed E-state index contributed by atoms with van der Waals surface area (Å²) < 4.78 is 0. The van der Waals surface area contributed by atoms with Crippen LogP contribution in [0.25, 0.3) is 0 Å². The van der Waals surface area contributed by atoms with E-state index in [4.69, 9.17) is 0 Å². The number of hydrogen-bond donors (Lipinski definition) is 0. The first kappa shape index (κ1) is 13.8. The normalized spacial score (nSPS) is 14.2. The monoisotopic (exact) mass is 300 g/mol. The van der Waals surface area contributed by atoms with E-state index in [9.17, 15) is 0 Å². The summed E-state index contributed by atoms with van der Waals surface area (Å²) in [6, 6.07) is 18.3. The molecule has 0 atom stereocenters. The minimum absolute atomic E-state index is 0.798. The Kier molecular flexibility index (Phi) is 3.23. The minimum atomic E-state index is 0.798. The summed E-state index contributed by atoms with van der Waals surface area (Å²) in [7, 11) is 0. The van der Waals surface area contributed by atoms with Gasteiger partial charge in [-0.3, -0.25) is 9.80 Å². The van der Waals surface area contributed by atoms with Crippen LogP contribution in [0.15, 0.2) is 67.0 Å². The average Bonchev–Trinajstić information content (AvgIpc) is 2.88. The number of benzene rings is 2. The molecule has 2 aromatic carbocycles. The first-order valence-corrected chi connectivity index (χ1v) is 7.48. The van der Waals surface area contributed by atoms with Crippen molar-refractivity contribution in [2.75, 3.05) is 9.80 Å². The Morgan fingerprint density at radius 2 is 1.39 bits per heavy atom. The Hall–Kier alpha value is -2.88. The van der Waals surface area contributed by atoms with E-state index in [1.165, 1.54) is 5.56 Å². The van der Waals surface area contributed by atoms with Gasteiger partial charge >= 0.3 is 0 Å². The third-order valence-corrected chi connectivity index (χ3v) is 3.97. The van der Waals surface area contributed by atoms with Crippen molar-refractivity contribution in [3.63, 3.8) is 0 Å². The van der Waals surface area contributed by atoms with Gasteiger partial charge in [-0.1, -0.05) is 36.4 Å². The predicted octanol–water partition coefficient (Wildman–Crippen LogP) is 4.40. The first-order valence-electron chi connectivity index (χ1n) is 7.48. The van der Waals surface area contributed by atoms with Gasteiger partial charge in [-0.25, -0.2) is 9.97 Å². The highest BCUT2D eigenvalue weighted by atomic mass is 15.5. The Labute approximate surface area is 136 Å². The van der Waals surface area contributed by atoms with Crippen LogP contribution in [0.5, 0.6) is 0 Å². The second-order valence-electron chi connectivity index (χ2n) is 5.41. The number of fused-ring (bicyclic) bond motifs is 1. The van der Waals surface area contributed by atoms with Gasteiger partial charge in [0, 0.05) is 23.8 Å². The maximum absolute atomic E-state index is 4.55. The molecule has 0 saturated carbocycles. The summed E-state index contributed by atoms with van der Waals surface area (Å²) in [5, 5.41) is 0. The van der Waals surface area contributed by atoms with Crippen LogP contribution in [0.1, 0.15) is 5.56 Å². The number of hydrogen-bond acceptors (Lipinski definition) is 4. The van der Waals surface area contributed by atoms with E-state index in [1.54, 1.807) is 12.4 Å². The molecule has 0 unspecified atom stereocenters. The molecule has 0 amide bonds. The summed E-state index contributed by atoms with van der Waals surface area (Å²) >= 11 is 0. The van der Waals surface area contributed by atoms with Crippen LogP contribution >= 0.6 is 0 Å². The zero-order valence-electron chi connectivity index (χ0n) is 12.8. The lowest BCUT2D eigenvalue weighted by Gasteiger charge is -2.28. The zero-order valence-corrected chi connectivity index (χ0v) is 12.8. The molecule has 1 aliphatic heterocycles. The van der Waals surface area contributed by atoms with Crippen molar-refractivity contribution in [1.29, 1.82) is 0 Å². The Balaban J connectivity index is 1.89. The third kappa shape index (κ3) is 2.14. The summed E-state index contributed by atoms with van der Waals surface area (Å²) in [5.74, 6) is 1.60. The van der Waals surface area contributed by atoms with Gasteiger partial charge in [-0.2, -0.15) is 0 Å². The first-order chi connectivity index (χ1) is 11.3. The Morgan fingerprint density at radius 3 is 2.09 bits per heavy atom. The van der Waals surface area contributed by atoms with E-state index >= 15 is 0 Å². The molecule has 0 fully saturated rings. The highest BCUT2D eigenvalue weighted by Gasteiger charge is 2.38. The summed E-state index contributed by atoms with van der Waals surface area (Å²) in [6.45, 7) is 6.38. The fourth-order valence-corrected chi connectivity index (χ4v) is 2.90. The smallest absolute Gasteiger partial charge is 0.179 e. The molecule has 2 radical (unpaired) electrons. The topological polar surface area (TPSA) is 32.3 Å². The molecular weight excluding hydrogens is 284 g/mol. The van der Waals surface area contributed by atoms with Gasteiger partial charge in [0.1, 0.15) is 0 Å². The lowest BCUT2D eigenvalue weighted by Crippen LogP contribution is -2.28. The van der Waals surface area contributed by atoms with Crippen molar-refractivity contribution in [3.8, 4) is 0 Å². The van der Waals surface area contributed by atoms with Crippen LogP contribution in [-0.4, -0.2) is 9.97 Å². The van der Waals surface area contributed by atoms with Gasteiger partial charge < -0.3 is 0 Å². The molecule has 3 aromatic rings. The number of para-hydroxylation sites is 2. The van der Waals surface area contributed by atoms with E-state index in [2.05, 4.69) is 40.8 Å². The van der Waals surface area contributed by atoms with Crippen LogP contribution in [0, 0.1) is 20.0 Å². The largest absolute Gasteiger partial charge is 0.295 e. The fraction of sp³-hybridized carbons (Fsp3) is 0.0526. The molecule has 112 valence electrons. The fourth-order valence-electron chi connectivity index (χ4n) is 2.90. The van der Waals surface area contributed by atoms with E-state index < -0.39 is 0 Å². The van der Waals surface area contributed by atoms with Crippen molar-refractivity contribution in [3.05, 3.63) is 85.6 Å². The van der Waals surface area contributed by atoms with E-state index in [-0.39, 0.29) is 0 Å². The Bertz CT molecular complexity index is 832. The molecule has 0 spiro atoms. The highest BCUT2D eigenvalue weighted by Crippen LogP contribution is 2.48. The lowest BCUT2D eigenvalue weighted by molar-refractivity contribution is 0.985. The van der Waals surface area contributed by atoms with Crippen molar-refractivity contribution >= 4 is 23.0 Å². The van der Waals surface area contributed by atoms with Gasteiger partial charge in [-0.05, 0) is 37.6 Å². The second-order valence-corrected chi connectivity index (χ2v) is 5.41. The van der Waals surface area contributed by atoms with Gasteiger partial charge in [0.2, 0.25) is 0 Å². The molecule has 2 heterocycles. The van der Waals surface area contributed by atoms with Gasteiger partial charge in [0.25, 0.3) is 0 Å². The van der Waals surface area contributed by atoms with Crippen LogP contribution in [-0.2, 0) is 0 Å². The number of aromatic nitrogens is 2. The molecule has 4 heteroatoms. The van der Waals surface area contributed by atoms with E-state index in [0.29, 0.717) is 0 Å². The van der Waals surface area contributed by atoms with Crippen LogP contribution in [0.4, 0.5) is 23.0 Å². The van der Waals surface area contributed by atoms with Crippen LogP contribution in [0.3, 0.4) is 0 Å². The van der Waals surface area contributed by atoms with E-state index in [0.717, 1.165) is 29.2 Å². The summed E-state index contributed by atoms with van der Waals surface area (Å²) in [5.41, 5.74) is 3.26. The number of nitrogens with zero attached hydrogens (tertiary/aromatic N) is 4. The molecule has 0 bridgehead atoms. The minimum Gasteiger partial charge on any atom is -0.295 e. The van der Waals surface area contributed by atoms with Crippen molar-refractivity contribution < 1.29 is 0 Å². The quantitative estimate of drug-likeness (QED) is 0.702. The summed E-state index contributed by atoms with van der Waals surface area (Å²) in [6.07, 6.45) is 4.25. The van der Waals surface area contributed by atoms with Crippen LogP contribution < -0.4 is 9.80 Å². The molecule has 1 aromatic heterocycles. The summed E-state index contributed by atoms with van der Waals surface area (Å²) in [4.78, 5) is 13.2. The molecule has 0 N–H and O–H groups in total. The van der Waals surface area contributed by atoms with E-state index in [1.807, 2.05) is 47.4 Å². The van der Waals surface area contributed by atoms with Crippen molar-refractivity contribution in [2.45, 2.75) is 6.92 Å². The number of aryl methyl sites for hydroxylation is 1. The SMILES string of the molecule is [CH2][C]1N(c2ccccc2)c2nccnc2N1c1ccccc1C. The third-order valence-electron chi connectivity index (χ3n) is 3.97. The predicted molar refractivity (Wildman–Crippen MR) is 92.5 cm³/mol. The zero-order chi connectivity index (χ0) is 15.8. The maximum atomic E-state index is 4.55. The Morgan fingerprint density at radius 1 is 0.783 bits per heavy atom. The molecule has 4 nitrogen and oxygen atoms in total.